The normalized spacial score (nSPS) is 21.1. The van der Waals surface area contributed by atoms with Crippen LogP contribution in [0.3, 0.4) is 0 Å². The molecule has 2 aromatic rings. The highest BCUT2D eigenvalue weighted by atomic mass is 16.5. The van der Waals surface area contributed by atoms with Gasteiger partial charge in [0.15, 0.2) is 0 Å². The van der Waals surface area contributed by atoms with Crippen LogP contribution >= 0.6 is 0 Å². The molecular formula is C19H24N2O2. The molecule has 2 aliphatic rings. The number of carbonyl (C=O) groups is 1. The minimum atomic E-state index is 0.149. The molecule has 1 saturated heterocycles. The van der Waals surface area contributed by atoms with E-state index in [1.54, 1.807) is 0 Å². The second-order valence-electron chi connectivity index (χ2n) is 6.69. The molecule has 1 amide bonds. The standard InChI is InChI=1S/C19H24N2O2/c1-2-15-13-21-16(19(22)20-10-5-3-4-6-11-20)12-14-8-7-9-17(23-15)18(14)21/h7-9,12,15H,2-6,10-11,13H2,1H3/t15-/m1/s1. The Bertz CT molecular complexity index is 726. The van der Waals surface area contributed by atoms with Gasteiger partial charge in [-0.15, -0.1) is 0 Å². The summed E-state index contributed by atoms with van der Waals surface area (Å²) in [5, 5.41) is 1.11. The van der Waals surface area contributed by atoms with Crippen LogP contribution in [0.15, 0.2) is 24.3 Å². The van der Waals surface area contributed by atoms with E-state index in [-0.39, 0.29) is 12.0 Å². The van der Waals surface area contributed by atoms with E-state index in [1.807, 2.05) is 23.1 Å². The van der Waals surface area contributed by atoms with Gasteiger partial charge < -0.3 is 14.2 Å². The molecule has 0 radical (unpaired) electrons. The summed E-state index contributed by atoms with van der Waals surface area (Å²) in [4.78, 5) is 15.1. The molecule has 0 saturated carbocycles. The molecule has 122 valence electrons. The fourth-order valence-corrected chi connectivity index (χ4v) is 3.82. The average Bonchev–Trinajstić information content (AvgIpc) is 2.77. The summed E-state index contributed by atoms with van der Waals surface area (Å²) in [6.07, 6.45) is 5.82. The number of rotatable bonds is 2. The largest absolute Gasteiger partial charge is 0.486 e. The van der Waals surface area contributed by atoms with Crippen molar-refractivity contribution in [2.75, 3.05) is 13.1 Å². The first-order valence-electron chi connectivity index (χ1n) is 8.86. The zero-order valence-electron chi connectivity index (χ0n) is 13.8. The molecule has 0 N–H and O–H groups in total. The number of para-hydroxylation sites is 1. The second kappa shape index (κ2) is 5.91. The van der Waals surface area contributed by atoms with Gasteiger partial charge in [0, 0.05) is 18.5 Å². The van der Waals surface area contributed by atoms with Gasteiger partial charge >= 0.3 is 0 Å². The predicted molar refractivity (Wildman–Crippen MR) is 91.0 cm³/mol. The fourth-order valence-electron chi connectivity index (χ4n) is 3.82. The molecular weight excluding hydrogens is 288 g/mol. The first kappa shape index (κ1) is 14.6. The summed E-state index contributed by atoms with van der Waals surface area (Å²) in [6, 6.07) is 8.15. The van der Waals surface area contributed by atoms with E-state index in [9.17, 15) is 4.79 Å². The third-order valence-corrected chi connectivity index (χ3v) is 5.13. The molecule has 0 spiro atoms. The van der Waals surface area contributed by atoms with E-state index in [0.717, 1.165) is 61.2 Å². The van der Waals surface area contributed by atoms with Crippen molar-refractivity contribution in [3.63, 3.8) is 0 Å². The summed E-state index contributed by atoms with van der Waals surface area (Å²) in [5.41, 5.74) is 1.91. The van der Waals surface area contributed by atoms with Crippen molar-refractivity contribution < 1.29 is 9.53 Å². The molecule has 0 unspecified atom stereocenters. The molecule has 0 bridgehead atoms. The summed E-state index contributed by atoms with van der Waals surface area (Å²) >= 11 is 0. The van der Waals surface area contributed by atoms with E-state index in [1.165, 1.54) is 12.8 Å². The second-order valence-corrected chi connectivity index (χ2v) is 6.69. The Morgan fingerprint density at radius 1 is 1.22 bits per heavy atom. The lowest BCUT2D eigenvalue weighted by Crippen LogP contribution is -2.35. The molecule has 2 aliphatic heterocycles. The van der Waals surface area contributed by atoms with Gasteiger partial charge in [0.2, 0.25) is 0 Å². The highest BCUT2D eigenvalue weighted by Gasteiger charge is 2.28. The minimum absolute atomic E-state index is 0.149. The molecule has 4 nitrogen and oxygen atoms in total. The fraction of sp³-hybridized carbons (Fsp3) is 0.526. The zero-order valence-corrected chi connectivity index (χ0v) is 13.8. The molecule has 4 heteroatoms. The highest BCUT2D eigenvalue weighted by molar-refractivity contribution is 6.00. The van der Waals surface area contributed by atoms with Gasteiger partial charge in [-0.25, -0.2) is 0 Å². The summed E-state index contributed by atoms with van der Waals surface area (Å²) in [6.45, 7) is 4.68. The summed E-state index contributed by atoms with van der Waals surface area (Å²) in [7, 11) is 0. The first-order valence-corrected chi connectivity index (χ1v) is 8.86. The molecule has 1 aromatic carbocycles. The van der Waals surface area contributed by atoms with Crippen LogP contribution in [-0.2, 0) is 6.54 Å². The maximum Gasteiger partial charge on any atom is 0.270 e. The van der Waals surface area contributed by atoms with Crippen molar-refractivity contribution in [3.8, 4) is 5.75 Å². The van der Waals surface area contributed by atoms with Crippen LogP contribution in [0.1, 0.15) is 49.5 Å². The van der Waals surface area contributed by atoms with E-state index >= 15 is 0 Å². The Hall–Kier alpha value is -1.97. The maximum atomic E-state index is 13.1. The lowest BCUT2D eigenvalue weighted by molar-refractivity contribution is 0.0745. The number of carbonyl (C=O) groups excluding carboxylic acids is 1. The summed E-state index contributed by atoms with van der Waals surface area (Å²) < 4.78 is 8.26. The number of hydrogen-bond donors (Lipinski definition) is 0. The Kier molecular flexibility index (Phi) is 3.76. The number of benzene rings is 1. The van der Waals surface area contributed by atoms with Crippen molar-refractivity contribution in [1.29, 1.82) is 0 Å². The van der Waals surface area contributed by atoms with Crippen molar-refractivity contribution in [1.82, 2.24) is 9.47 Å². The quantitative estimate of drug-likeness (QED) is 0.844. The molecule has 23 heavy (non-hydrogen) atoms. The van der Waals surface area contributed by atoms with Gasteiger partial charge in [0.25, 0.3) is 5.91 Å². The number of ether oxygens (including phenoxy) is 1. The van der Waals surface area contributed by atoms with Gasteiger partial charge in [-0.3, -0.25) is 4.79 Å². The Morgan fingerprint density at radius 2 is 2.00 bits per heavy atom. The smallest absolute Gasteiger partial charge is 0.270 e. The van der Waals surface area contributed by atoms with E-state index < -0.39 is 0 Å². The Balaban J connectivity index is 1.76. The molecule has 1 atom stereocenters. The lowest BCUT2D eigenvalue weighted by atomic mass is 10.2. The Labute approximate surface area is 137 Å². The average molecular weight is 312 g/mol. The first-order chi connectivity index (χ1) is 11.3. The van der Waals surface area contributed by atoms with Gasteiger partial charge in [0.05, 0.1) is 12.1 Å². The minimum Gasteiger partial charge on any atom is -0.486 e. The lowest BCUT2D eigenvalue weighted by Gasteiger charge is -2.27. The van der Waals surface area contributed by atoms with Gasteiger partial charge in [-0.05, 0) is 31.4 Å². The van der Waals surface area contributed by atoms with Crippen molar-refractivity contribution >= 4 is 16.8 Å². The number of hydrogen-bond acceptors (Lipinski definition) is 2. The maximum absolute atomic E-state index is 13.1. The SMILES string of the molecule is CC[C@@H]1Cn2c(C(=O)N3CCCCCC3)cc3cccc(c32)O1. The van der Waals surface area contributed by atoms with Gasteiger partial charge in [-0.1, -0.05) is 31.9 Å². The molecule has 0 aliphatic carbocycles. The van der Waals surface area contributed by atoms with Crippen LogP contribution in [-0.4, -0.2) is 34.6 Å². The van der Waals surface area contributed by atoms with Gasteiger partial charge in [-0.2, -0.15) is 0 Å². The van der Waals surface area contributed by atoms with Crippen LogP contribution in [0.25, 0.3) is 10.9 Å². The van der Waals surface area contributed by atoms with Crippen molar-refractivity contribution in [2.24, 2.45) is 0 Å². The van der Waals surface area contributed by atoms with Crippen LogP contribution in [0, 0.1) is 0 Å². The topological polar surface area (TPSA) is 34.5 Å². The Morgan fingerprint density at radius 3 is 2.74 bits per heavy atom. The third kappa shape index (κ3) is 2.50. The number of aromatic nitrogens is 1. The number of likely N-dealkylation sites (tertiary alicyclic amines) is 1. The molecule has 1 aromatic heterocycles. The molecule has 1 fully saturated rings. The van der Waals surface area contributed by atoms with E-state index in [0.29, 0.717) is 0 Å². The predicted octanol–water partition coefficient (Wildman–Crippen LogP) is 3.83. The molecule has 4 rings (SSSR count). The van der Waals surface area contributed by atoms with E-state index in [2.05, 4.69) is 17.6 Å². The van der Waals surface area contributed by atoms with Gasteiger partial charge in [0.1, 0.15) is 17.5 Å². The van der Waals surface area contributed by atoms with Crippen LogP contribution in [0.2, 0.25) is 0 Å². The van der Waals surface area contributed by atoms with Crippen molar-refractivity contribution in [3.05, 3.63) is 30.0 Å². The highest BCUT2D eigenvalue weighted by Crippen LogP contribution is 2.34. The van der Waals surface area contributed by atoms with Crippen LogP contribution < -0.4 is 4.74 Å². The third-order valence-electron chi connectivity index (χ3n) is 5.13. The van der Waals surface area contributed by atoms with Crippen LogP contribution in [0.5, 0.6) is 5.75 Å². The summed E-state index contributed by atoms with van der Waals surface area (Å²) in [5.74, 6) is 1.10. The van der Waals surface area contributed by atoms with Crippen molar-refractivity contribution in [2.45, 2.75) is 51.7 Å². The van der Waals surface area contributed by atoms with Crippen LogP contribution in [0.4, 0.5) is 0 Å². The number of amides is 1. The zero-order chi connectivity index (χ0) is 15.8. The molecule has 3 heterocycles. The monoisotopic (exact) mass is 312 g/mol. The number of nitrogens with zero attached hydrogens (tertiary/aromatic N) is 2. The van der Waals surface area contributed by atoms with E-state index in [4.69, 9.17) is 4.74 Å².